The molecule has 0 unspecified atom stereocenters. The molecule has 1 aromatic carbocycles. The van der Waals surface area contributed by atoms with Crippen LogP contribution in [0.5, 0.6) is 5.75 Å². The van der Waals surface area contributed by atoms with E-state index in [2.05, 4.69) is 39.8 Å². The SMILES string of the molecule is COc1cc(-n2cccn2)ccc1CCI. The summed E-state index contributed by atoms with van der Waals surface area (Å²) in [5, 5.41) is 4.20. The van der Waals surface area contributed by atoms with Gasteiger partial charge in [-0.2, -0.15) is 5.10 Å². The fourth-order valence-corrected chi connectivity index (χ4v) is 2.19. The lowest BCUT2D eigenvalue weighted by molar-refractivity contribution is 0.410. The summed E-state index contributed by atoms with van der Waals surface area (Å²) in [5.74, 6) is 0.935. The molecule has 2 rings (SSSR count). The van der Waals surface area contributed by atoms with Crippen LogP contribution in [0.2, 0.25) is 0 Å². The highest BCUT2D eigenvalue weighted by atomic mass is 127. The Morgan fingerprint density at radius 2 is 2.31 bits per heavy atom. The standard InChI is InChI=1S/C12H13IN2O/c1-16-12-9-11(15-8-2-7-14-15)4-3-10(12)5-6-13/h2-4,7-9H,5-6H2,1H3. The van der Waals surface area contributed by atoms with Crippen LogP contribution in [0, 0.1) is 0 Å². The molecule has 0 N–H and O–H groups in total. The van der Waals surface area contributed by atoms with Crippen molar-refractivity contribution in [3.8, 4) is 11.4 Å². The number of benzene rings is 1. The van der Waals surface area contributed by atoms with Crippen molar-refractivity contribution in [2.45, 2.75) is 6.42 Å². The van der Waals surface area contributed by atoms with Crippen LogP contribution in [0.25, 0.3) is 5.69 Å². The molecule has 0 aliphatic heterocycles. The normalized spacial score (nSPS) is 10.4. The van der Waals surface area contributed by atoms with E-state index in [1.54, 1.807) is 13.3 Å². The van der Waals surface area contributed by atoms with Crippen molar-refractivity contribution >= 4 is 22.6 Å². The number of nitrogens with zero attached hydrogens (tertiary/aromatic N) is 2. The summed E-state index contributed by atoms with van der Waals surface area (Å²) in [5.41, 5.74) is 2.27. The van der Waals surface area contributed by atoms with Crippen LogP contribution in [0.15, 0.2) is 36.7 Å². The highest BCUT2D eigenvalue weighted by Crippen LogP contribution is 2.23. The van der Waals surface area contributed by atoms with Gasteiger partial charge in [0.2, 0.25) is 0 Å². The molecule has 0 spiro atoms. The van der Waals surface area contributed by atoms with E-state index in [1.807, 2.05) is 23.0 Å². The summed E-state index contributed by atoms with van der Waals surface area (Å²) >= 11 is 2.37. The van der Waals surface area contributed by atoms with Crippen LogP contribution in [-0.2, 0) is 6.42 Å². The van der Waals surface area contributed by atoms with Crippen molar-refractivity contribution < 1.29 is 4.74 Å². The molecule has 2 aromatic rings. The molecule has 0 amide bonds. The molecular formula is C12H13IN2O. The maximum Gasteiger partial charge on any atom is 0.124 e. The van der Waals surface area contributed by atoms with E-state index in [4.69, 9.17) is 4.74 Å². The van der Waals surface area contributed by atoms with Gasteiger partial charge in [-0.15, -0.1) is 0 Å². The molecular weight excluding hydrogens is 315 g/mol. The van der Waals surface area contributed by atoms with Crippen LogP contribution in [0.4, 0.5) is 0 Å². The fourth-order valence-electron chi connectivity index (χ4n) is 1.61. The van der Waals surface area contributed by atoms with Crippen molar-refractivity contribution in [1.82, 2.24) is 9.78 Å². The smallest absolute Gasteiger partial charge is 0.124 e. The zero-order chi connectivity index (χ0) is 11.4. The highest BCUT2D eigenvalue weighted by molar-refractivity contribution is 14.1. The fraction of sp³-hybridized carbons (Fsp3) is 0.250. The second-order valence-electron chi connectivity index (χ2n) is 3.39. The summed E-state index contributed by atoms with van der Waals surface area (Å²) in [6.07, 6.45) is 4.72. The number of aromatic nitrogens is 2. The third-order valence-corrected chi connectivity index (χ3v) is 2.94. The number of aryl methyl sites for hydroxylation is 1. The summed E-state index contributed by atoms with van der Waals surface area (Å²) in [6.45, 7) is 0. The van der Waals surface area contributed by atoms with E-state index in [0.29, 0.717) is 0 Å². The largest absolute Gasteiger partial charge is 0.496 e. The van der Waals surface area contributed by atoms with Gasteiger partial charge < -0.3 is 4.74 Å². The second kappa shape index (κ2) is 5.34. The van der Waals surface area contributed by atoms with Crippen LogP contribution < -0.4 is 4.74 Å². The minimum atomic E-state index is 0.935. The molecule has 0 bridgehead atoms. The molecule has 1 aromatic heterocycles. The van der Waals surface area contributed by atoms with E-state index >= 15 is 0 Å². The number of hydrogen-bond acceptors (Lipinski definition) is 2. The van der Waals surface area contributed by atoms with E-state index in [1.165, 1.54) is 5.56 Å². The average Bonchev–Trinajstić information content (AvgIpc) is 2.83. The lowest BCUT2D eigenvalue weighted by Gasteiger charge is -2.09. The van der Waals surface area contributed by atoms with Gasteiger partial charge in [-0.3, -0.25) is 0 Å². The van der Waals surface area contributed by atoms with Crippen molar-refractivity contribution in [2.24, 2.45) is 0 Å². The number of alkyl halides is 1. The lowest BCUT2D eigenvalue weighted by atomic mass is 10.1. The second-order valence-corrected chi connectivity index (χ2v) is 4.46. The molecule has 0 saturated carbocycles. The number of hydrogen-bond donors (Lipinski definition) is 0. The molecule has 0 saturated heterocycles. The van der Waals surface area contributed by atoms with Crippen LogP contribution in [0.1, 0.15) is 5.56 Å². The monoisotopic (exact) mass is 328 g/mol. The Bertz CT molecular complexity index is 454. The van der Waals surface area contributed by atoms with E-state index < -0.39 is 0 Å². The number of rotatable bonds is 4. The quantitative estimate of drug-likeness (QED) is 0.637. The number of ether oxygens (including phenoxy) is 1. The van der Waals surface area contributed by atoms with Crippen LogP contribution >= 0.6 is 22.6 Å². The lowest BCUT2D eigenvalue weighted by Crippen LogP contribution is -1.98. The Morgan fingerprint density at radius 1 is 1.44 bits per heavy atom. The number of halogens is 1. The van der Waals surface area contributed by atoms with Crippen molar-refractivity contribution in [3.05, 3.63) is 42.2 Å². The first-order valence-corrected chi connectivity index (χ1v) is 6.60. The molecule has 0 aliphatic carbocycles. The molecule has 16 heavy (non-hydrogen) atoms. The van der Waals surface area contributed by atoms with Gasteiger partial charge in [0.25, 0.3) is 0 Å². The summed E-state index contributed by atoms with van der Waals surface area (Å²) in [4.78, 5) is 0. The first-order chi connectivity index (χ1) is 7.85. The minimum absolute atomic E-state index is 0.935. The van der Waals surface area contributed by atoms with Gasteiger partial charge in [0.1, 0.15) is 5.75 Å². The average molecular weight is 328 g/mol. The van der Waals surface area contributed by atoms with E-state index in [0.717, 1.165) is 22.3 Å². The highest BCUT2D eigenvalue weighted by Gasteiger charge is 2.05. The van der Waals surface area contributed by atoms with E-state index in [9.17, 15) is 0 Å². The van der Waals surface area contributed by atoms with Gasteiger partial charge in [-0.05, 0) is 24.1 Å². The maximum absolute atomic E-state index is 5.39. The Balaban J connectivity index is 2.36. The molecule has 3 nitrogen and oxygen atoms in total. The zero-order valence-corrected chi connectivity index (χ0v) is 11.2. The minimum Gasteiger partial charge on any atom is -0.496 e. The summed E-state index contributed by atoms with van der Waals surface area (Å²) in [7, 11) is 1.71. The van der Waals surface area contributed by atoms with Crippen LogP contribution in [-0.4, -0.2) is 21.3 Å². The molecule has 0 fully saturated rings. The Labute approximate surface area is 109 Å². The predicted molar refractivity (Wildman–Crippen MR) is 72.7 cm³/mol. The third kappa shape index (κ3) is 2.37. The van der Waals surface area contributed by atoms with Crippen molar-refractivity contribution in [2.75, 3.05) is 11.5 Å². The Kier molecular flexibility index (Phi) is 3.82. The zero-order valence-electron chi connectivity index (χ0n) is 9.06. The third-order valence-electron chi connectivity index (χ3n) is 2.40. The summed E-state index contributed by atoms with van der Waals surface area (Å²) in [6, 6.07) is 8.10. The van der Waals surface area contributed by atoms with Gasteiger partial charge in [0, 0.05) is 22.9 Å². The molecule has 84 valence electrons. The molecule has 4 heteroatoms. The molecule has 0 aliphatic rings. The van der Waals surface area contributed by atoms with Gasteiger partial charge in [0.05, 0.1) is 12.8 Å². The predicted octanol–water partition coefficient (Wildman–Crippen LogP) is 2.86. The van der Waals surface area contributed by atoms with Crippen molar-refractivity contribution in [1.29, 1.82) is 0 Å². The Hall–Kier alpha value is -1.04. The molecule has 1 heterocycles. The topological polar surface area (TPSA) is 27.1 Å². The van der Waals surface area contributed by atoms with Gasteiger partial charge in [-0.25, -0.2) is 4.68 Å². The summed E-state index contributed by atoms with van der Waals surface area (Å²) < 4.78 is 8.31. The van der Waals surface area contributed by atoms with Crippen LogP contribution in [0.3, 0.4) is 0 Å². The Morgan fingerprint density at radius 3 is 2.94 bits per heavy atom. The van der Waals surface area contributed by atoms with Gasteiger partial charge in [-0.1, -0.05) is 28.7 Å². The number of methoxy groups -OCH3 is 1. The first-order valence-electron chi connectivity index (χ1n) is 5.08. The van der Waals surface area contributed by atoms with Crippen molar-refractivity contribution in [3.63, 3.8) is 0 Å². The molecule has 0 radical (unpaired) electrons. The van der Waals surface area contributed by atoms with E-state index in [-0.39, 0.29) is 0 Å². The molecule has 0 atom stereocenters. The van der Waals surface area contributed by atoms with Gasteiger partial charge >= 0.3 is 0 Å². The van der Waals surface area contributed by atoms with Gasteiger partial charge in [0.15, 0.2) is 0 Å². The first kappa shape index (κ1) is 11.4. The maximum atomic E-state index is 5.39.